The van der Waals surface area contributed by atoms with Crippen LogP contribution in [0, 0.1) is 25.7 Å². The van der Waals surface area contributed by atoms with Gasteiger partial charge in [0.05, 0.1) is 0 Å². The summed E-state index contributed by atoms with van der Waals surface area (Å²) in [6, 6.07) is 2.45. The number of hydrogen-bond donors (Lipinski definition) is 2. The van der Waals surface area contributed by atoms with Crippen LogP contribution in [0.25, 0.3) is 0 Å². The third-order valence-corrected chi connectivity index (χ3v) is 8.27. The number of likely N-dealkylation sites (tertiary alicyclic amines) is 1. The minimum atomic E-state index is -0.716. The summed E-state index contributed by atoms with van der Waals surface area (Å²) in [4.78, 5) is 43.9. The lowest BCUT2D eigenvalue weighted by Gasteiger charge is -2.42. The van der Waals surface area contributed by atoms with E-state index in [9.17, 15) is 14.4 Å². The van der Waals surface area contributed by atoms with Crippen LogP contribution in [0.15, 0.2) is 21.2 Å². The van der Waals surface area contributed by atoms with Gasteiger partial charge in [-0.15, -0.1) is 0 Å². The number of carbonyl (C=O) groups is 3. The van der Waals surface area contributed by atoms with Gasteiger partial charge in [-0.1, -0.05) is 10.3 Å². The van der Waals surface area contributed by atoms with E-state index in [1.165, 1.54) is 0 Å². The molecular formula is C27H38N6O5. The molecule has 3 aliphatic rings. The van der Waals surface area contributed by atoms with Gasteiger partial charge < -0.3 is 29.9 Å². The third-order valence-electron chi connectivity index (χ3n) is 8.27. The van der Waals surface area contributed by atoms with Crippen molar-refractivity contribution >= 4 is 17.7 Å². The SMILES string of the molecule is Cc1cc(C(=O)N(C2CC2)C2CCN(C(=O)c3cc(C)on3)[C@@H](C(=O)NCC3CCC(CN)CC3)C2)no1. The number of nitrogens with two attached hydrogens (primary N) is 1. The lowest BCUT2D eigenvalue weighted by atomic mass is 9.82. The van der Waals surface area contributed by atoms with E-state index in [0.29, 0.717) is 55.8 Å². The summed E-state index contributed by atoms with van der Waals surface area (Å²) in [7, 11) is 0. The van der Waals surface area contributed by atoms with E-state index in [1.807, 2.05) is 4.90 Å². The van der Waals surface area contributed by atoms with E-state index in [-0.39, 0.29) is 41.2 Å². The molecule has 3 amide bonds. The van der Waals surface area contributed by atoms with Crippen molar-refractivity contribution in [2.45, 2.75) is 83.3 Å². The Balaban J connectivity index is 1.32. The molecule has 0 aromatic carbocycles. The topological polar surface area (TPSA) is 148 Å². The average molecular weight is 527 g/mol. The molecule has 5 rings (SSSR count). The Morgan fingerprint density at radius 3 is 2.16 bits per heavy atom. The number of aryl methyl sites for hydroxylation is 2. The number of amides is 3. The highest BCUT2D eigenvalue weighted by Crippen LogP contribution is 2.35. The second kappa shape index (κ2) is 11.3. The Hall–Kier alpha value is -3.21. The molecule has 0 radical (unpaired) electrons. The summed E-state index contributed by atoms with van der Waals surface area (Å²) in [5.41, 5.74) is 6.29. The monoisotopic (exact) mass is 526 g/mol. The number of carbonyl (C=O) groups excluding carboxylic acids is 3. The van der Waals surface area contributed by atoms with E-state index in [1.54, 1.807) is 30.9 Å². The maximum Gasteiger partial charge on any atom is 0.276 e. The van der Waals surface area contributed by atoms with Crippen LogP contribution < -0.4 is 11.1 Å². The van der Waals surface area contributed by atoms with Crippen molar-refractivity contribution in [2.75, 3.05) is 19.6 Å². The Labute approximate surface area is 222 Å². The predicted octanol–water partition coefficient (Wildman–Crippen LogP) is 2.44. The fraction of sp³-hybridized carbons (Fsp3) is 0.667. The van der Waals surface area contributed by atoms with Gasteiger partial charge in [0, 0.05) is 37.3 Å². The first kappa shape index (κ1) is 26.4. The molecule has 38 heavy (non-hydrogen) atoms. The molecule has 206 valence electrons. The van der Waals surface area contributed by atoms with Gasteiger partial charge in [-0.05, 0) is 83.6 Å². The first-order chi connectivity index (χ1) is 18.3. The largest absolute Gasteiger partial charge is 0.361 e. The number of piperidine rings is 1. The summed E-state index contributed by atoms with van der Waals surface area (Å²) >= 11 is 0. The highest BCUT2D eigenvalue weighted by Gasteiger charge is 2.45. The maximum atomic E-state index is 13.6. The maximum absolute atomic E-state index is 13.6. The second-order valence-corrected chi connectivity index (χ2v) is 11.1. The standard InChI is InChI=1S/C27H38N6O5/c1-16-11-22(30-37-16)26(35)32-10-9-21(33(20-7-8-20)27(36)23-12-17(2)38-31-23)13-24(32)25(34)29-15-19-5-3-18(14-28)4-6-19/h11-12,18-21,24H,3-10,13-15,28H2,1-2H3,(H,29,34)/t18?,19?,21?,24-/m1/s1. The minimum Gasteiger partial charge on any atom is -0.361 e. The summed E-state index contributed by atoms with van der Waals surface area (Å²) in [5, 5.41) is 11.0. The number of rotatable bonds is 8. The normalized spacial score (nSPS) is 25.7. The van der Waals surface area contributed by atoms with Gasteiger partial charge in [0.25, 0.3) is 11.8 Å². The van der Waals surface area contributed by atoms with Crippen LogP contribution in [0.5, 0.6) is 0 Å². The number of nitrogens with one attached hydrogen (secondary N) is 1. The fourth-order valence-electron chi connectivity index (χ4n) is 5.92. The summed E-state index contributed by atoms with van der Waals surface area (Å²) in [6.07, 6.45) is 7.00. The zero-order valence-corrected chi connectivity index (χ0v) is 22.2. The van der Waals surface area contributed by atoms with Crippen molar-refractivity contribution in [1.29, 1.82) is 0 Å². The Morgan fingerprint density at radius 2 is 1.58 bits per heavy atom. The molecule has 2 aromatic heterocycles. The summed E-state index contributed by atoms with van der Waals surface area (Å²) < 4.78 is 10.3. The van der Waals surface area contributed by atoms with Crippen molar-refractivity contribution in [3.63, 3.8) is 0 Å². The van der Waals surface area contributed by atoms with Crippen LogP contribution in [-0.4, -0.2) is 75.6 Å². The Morgan fingerprint density at radius 1 is 0.947 bits per heavy atom. The molecular weight excluding hydrogens is 488 g/mol. The van der Waals surface area contributed by atoms with E-state index in [4.69, 9.17) is 14.8 Å². The van der Waals surface area contributed by atoms with Crippen LogP contribution in [0.2, 0.25) is 0 Å². The number of hydrogen-bond acceptors (Lipinski definition) is 8. The molecule has 2 atom stereocenters. The van der Waals surface area contributed by atoms with Gasteiger partial charge >= 0.3 is 0 Å². The molecule has 0 bridgehead atoms. The number of aromatic nitrogens is 2. The zero-order valence-electron chi connectivity index (χ0n) is 22.2. The Bertz CT molecular complexity index is 1150. The fourth-order valence-corrected chi connectivity index (χ4v) is 5.92. The molecule has 11 nitrogen and oxygen atoms in total. The van der Waals surface area contributed by atoms with E-state index < -0.39 is 6.04 Å². The molecule has 1 unspecified atom stereocenters. The highest BCUT2D eigenvalue weighted by atomic mass is 16.5. The van der Waals surface area contributed by atoms with Gasteiger partial charge in [-0.2, -0.15) is 0 Å². The van der Waals surface area contributed by atoms with Gasteiger partial charge in [-0.3, -0.25) is 14.4 Å². The first-order valence-corrected chi connectivity index (χ1v) is 13.8. The van der Waals surface area contributed by atoms with Crippen LogP contribution in [0.4, 0.5) is 0 Å². The predicted molar refractivity (Wildman–Crippen MR) is 137 cm³/mol. The molecule has 0 spiro atoms. The van der Waals surface area contributed by atoms with Crippen LogP contribution >= 0.6 is 0 Å². The molecule has 11 heteroatoms. The second-order valence-electron chi connectivity index (χ2n) is 11.1. The Kier molecular flexibility index (Phi) is 7.83. The van der Waals surface area contributed by atoms with Gasteiger partial charge in [0.15, 0.2) is 11.4 Å². The average Bonchev–Trinajstić information content (AvgIpc) is 3.50. The lowest BCUT2D eigenvalue weighted by molar-refractivity contribution is -0.127. The molecule has 1 aliphatic heterocycles. The molecule has 2 aromatic rings. The van der Waals surface area contributed by atoms with E-state index in [0.717, 1.165) is 38.5 Å². The first-order valence-electron chi connectivity index (χ1n) is 13.8. The molecule has 3 heterocycles. The highest BCUT2D eigenvalue weighted by molar-refractivity contribution is 5.96. The summed E-state index contributed by atoms with van der Waals surface area (Å²) in [6.45, 7) is 5.11. The van der Waals surface area contributed by atoms with Crippen molar-refractivity contribution in [3.8, 4) is 0 Å². The van der Waals surface area contributed by atoms with Crippen molar-refractivity contribution in [1.82, 2.24) is 25.4 Å². The lowest BCUT2D eigenvalue weighted by Crippen LogP contribution is -2.58. The van der Waals surface area contributed by atoms with Crippen LogP contribution in [0.1, 0.15) is 83.9 Å². The van der Waals surface area contributed by atoms with Crippen molar-refractivity contribution in [3.05, 3.63) is 35.0 Å². The quantitative estimate of drug-likeness (QED) is 0.533. The molecule has 3 fully saturated rings. The van der Waals surface area contributed by atoms with E-state index >= 15 is 0 Å². The molecule has 2 saturated carbocycles. The molecule has 3 N–H and O–H groups in total. The minimum absolute atomic E-state index is 0.117. The van der Waals surface area contributed by atoms with Crippen LogP contribution in [0.3, 0.4) is 0 Å². The van der Waals surface area contributed by atoms with E-state index in [2.05, 4.69) is 15.6 Å². The zero-order chi connectivity index (χ0) is 26.8. The van der Waals surface area contributed by atoms with Crippen molar-refractivity contribution < 1.29 is 23.4 Å². The van der Waals surface area contributed by atoms with Crippen LogP contribution in [-0.2, 0) is 4.79 Å². The van der Waals surface area contributed by atoms with Crippen molar-refractivity contribution in [2.24, 2.45) is 17.6 Å². The molecule has 1 saturated heterocycles. The number of nitrogens with zero attached hydrogens (tertiary/aromatic N) is 4. The smallest absolute Gasteiger partial charge is 0.276 e. The third kappa shape index (κ3) is 5.77. The van der Waals surface area contributed by atoms with Gasteiger partial charge in [0.1, 0.15) is 17.6 Å². The van der Waals surface area contributed by atoms with Gasteiger partial charge in [0.2, 0.25) is 5.91 Å². The summed E-state index contributed by atoms with van der Waals surface area (Å²) in [5.74, 6) is 1.38. The van der Waals surface area contributed by atoms with Gasteiger partial charge in [-0.25, -0.2) is 0 Å². The molecule has 2 aliphatic carbocycles.